The standard InChI is InChI=1S/C10H16N2S/c1-8(10-3-2-6-13-10)12-5-4-9(11)7-12/h2-3,6,8-9H,4-5,7,11H2,1H3/t8-,9-/m1/s1. The van der Waals surface area contributed by atoms with Crippen LogP contribution in [0.5, 0.6) is 0 Å². The predicted octanol–water partition coefficient (Wildman–Crippen LogP) is 1.84. The number of rotatable bonds is 2. The first-order valence-electron chi connectivity index (χ1n) is 4.80. The van der Waals surface area contributed by atoms with Crippen LogP contribution in [0, 0.1) is 0 Å². The van der Waals surface area contributed by atoms with Gasteiger partial charge in [-0.15, -0.1) is 11.3 Å². The van der Waals surface area contributed by atoms with Crippen LogP contribution in [0.15, 0.2) is 17.5 Å². The highest BCUT2D eigenvalue weighted by Crippen LogP contribution is 2.27. The molecule has 1 fully saturated rings. The molecule has 0 unspecified atom stereocenters. The van der Waals surface area contributed by atoms with E-state index in [9.17, 15) is 0 Å². The Morgan fingerprint density at radius 3 is 3.08 bits per heavy atom. The fourth-order valence-corrected chi connectivity index (χ4v) is 2.69. The number of nitrogens with two attached hydrogens (primary N) is 1. The van der Waals surface area contributed by atoms with E-state index in [0.717, 1.165) is 19.5 Å². The number of hydrogen-bond donors (Lipinski definition) is 1. The lowest BCUT2D eigenvalue weighted by Crippen LogP contribution is -2.28. The maximum Gasteiger partial charge on any atom is 0.0413 e. The molecule has 1 saturated heterocycles. The summed E-state index contributed by atoms with van der Waals surface area (Å²) in [7, 11) is 0. The van der Waals surface area contributed by atoms with Gasteiger partial charge in [-0.1, -0.05) is 6.07 Å². The molecule has 2 rings (SSSR count). The van der Waals surface area contributed by atoms with Crippen LogP contribution in [0.4, 0.5) is 0 Å². The van der Waals surface area contributed by atoms with Crippen LogP contribution in [-0.2, 0) is 0 Å². The summed E-state index contributed by atoms with van der Waals surface area (Å²) in [6, 6.07) is 5.27. The van der Waals surface area contributed by atoms with Gasteiger partial charge in [0.15, 0.2) is 0 Å². The Bertz CT molecular complexity index is 258. The molecule has 1 aromatic rings. The van der Waals surface area contributed by atoms with Crippen molar-refractivity contribution in [2.75, 3.05) is 13.1 Å². The molecule has 3 heteroatoms. The van der Waals surface area contributed by atoms with Gasteiger partial charge in [-0.25, -0.2) is 0 Å². The van der Waals surface area contributed by atoms with Gasteiger partial charge in [-0.2, -0.15) is 0 Å². The molecule has 2 heterocycles. The molecule has 2 nitrogen and oxygen atoms in total. The average Bonchev–Trinajstić information content (AvgIpc) is 2.72. The lowest BCUT2D eigenvalue weighted by Gasteiger charge is -2.22. The van der Waals surface area contributed by atoms with Gasteiger partial charge in [0, 0.05) is 30.1 Å². The first-order valence-corrected chi connectivity index (χ1v) is 5.68. The van der Waals surface area contributed by atoms with Crippen molar-refractivity contribution in [3.8, 4) is 0 Å². The lowest BCUT2D eigenvalue weighted by molar-refractivity contribution is 0.263. The average molecular weight is 196 g/mol. The van der Waals surface area contributed by atoms with E-state index < -0.39 is 0 Å². The molecule has 0 amide bonds. The molecule has 1 aliphatic heterocycles. The zero-order valence-electron chi connectivity index (χ0n) is 7.94. The van der Waals surface area contributed by atoms with Crippen molar-refractivity contribution < 1.29 is 0 Å². The van der Waals surface area contributed by atoms with E-state index >= 15 is 0 Å². The molecule has 2 atom stereocenters. The van der Waals surface area contributed by atoms with Crippen molar-refractivity contribution >= 4 is 11.3 Å². The SMILES string of the molecule is C[C@H](c1cccs1)N1CC[C@@H](N)C1. The van der Waals surface area contributed by atoms with E-state index in [1.54, 1.807) is 0 Å². The van der Waals surface area contributed by atoms with Gasteiger partial charge >= 0.3 is 0 Å². The van der Waals surface area contributed by atoms with Gasteiger partial charge in [0.25, 0.3) is 0 Å². The summed E-state index contributed by atoms with van der Waals surface area (Å²) in [6.07, 6.45) is 1.15. The number of hydrogen-bond acceptors (Lipinski definition) is 3. The smallest absolute Gasteiger partial charge is 0.0413 e. The molecular formula is C10H16N2S. The maximum absolute atomic E-state index is 5.88. The third-order valence-electron chi connectivity index (χ3n) is 2.76. The minimum absolute atomic E-state index is 0.391. The van der Waals surface area contributed by atoms with Crippen molar-refractivity contribution in [2.45, 2.75) is 25.4 Å². The van der Waals surface area contributed by atoms with E-state index in [4.69, 9.17) is 5.73 Å². The Kier molecular flexibility index (Phi) is 2.67. The Morgan fingerprint density at radius 1 is 1.69 bits per heavy atom. The zero-order valence-corrected chi connectivity index (χ0v) is 8.76. The quantitative estimate of drug-likeness (QED) is 0.782. The van der Waals surface area contributed by atoms with E-state index in [2.05, 4.69) is 29.3 Å². The Labute approximate surface area is 83.4 Å². The van der Waals surface area contributed by atoms with Gasteiger partial charge < -0.3 is 5.73 Å². The summed E-state index contributed by atoms with van der Waals surface area (Å²) in [5.74, 6) is 0. The van der Waals surface area contributed by atoms with Crippen LogP contribution in [0.25, 0.3) is 0 Å². The van der Waals surface area contributed by atoms with E-state index in [-0.39, 0.29) is 0 Å². The van der Waals surface area contributed by atoms with Crippen LogP contribution in [-0.4, -0.2) is 24.0 Å². The molecule has 13 heavy (non-hydrogen) atoms. The summed E-state index contributed by atoms with van der Waals surface area (Å²) >= 11 is 1.84. The zero-order chi connectivity index (χ0) is 9.26. The van der Waals surface area contributed by atoms with Crippen LogP contribution in [0.2, 0.25) is 0 Å². The molecule has 2 N–H and O–H groups in total. The monoisotopic (exact) mass is 196 g/mol. The molecule has 0 radical (unpaired) electrons. The van der Waals surface area contributed by atoms with Gasteiger partial charge in [0.05, 0.1) is 0 Å². The minimum atomic E-state index is 0.391. The highest BCUT2D eigenvalue weighted by molar-refractivity contribution is 7.10. The second kappa shape index (κ2) is 3.78. The van der Waals surface area contributed by atoms with Crippen LogP contribution < -0.4 is 5.73 Å². The van der Waals surface area contributed by atoms with Crippen molar-refractivity contribution in [1.29, 1.82) is 0 Å². The van der Waals surface area contributed by atoms with Crippen LogP contribution in [0.3, 0.4) is 0 Å². The highest BCUT2D eigenvalue weighted by Gasteiger charge is 2.24. The maximum atomic E-state index is 5.88. The number of nitrogens with zero attached hydrogens (tertiary/aromatic N) is 1. The summed E-state index contributed by atoms with van der Waals surface area (Å²) in [5, 5.41) is 2.14. The normalized spacial score (nSPS) is 26.5. The largest absolute Gasteiger partial charge is 0.326 e. The topological polar surface area (TPSA) is 29.3 Å². The fraction of sp³-hybridized carbons (Fsp3) is 0.600. The summed E-state index contributed by atoms with van der Waals surface area (Å²) in [5.41, 5.74) is 5.88. The van der Waals surface area contributed by atoms with Crippen molar-refractivity contribution in [3.05, 3.63) is 22.4 Å². The van der Waals surface area contributed by atoms with Gasteiger partial charge in [-0.3, -0.25) is 4.90 Å². The predicted molar refractivity (Wildman–Crippen MR) is 56.9 cm³/mol. The second-order valence-corrected chi connectivity index (χ2v) is 4.71. The highest BCUT2D eigenvalue weighted by atomic mass is 32.1. The number of thiophene rings is 1. The molecule has 1 aliphatic rings. The number of likely N-dealkylation sites (tertiary alicyclic amines) is 1. The molecule has 0 aromatic carbocycles. The fourth-order valence-electron chi connectivity index (χ4n) is 1.88. The first kappa shape index (κ1) is 9.19. The minimum Gasteiger partial charge on any atom is -0.326 e. The molecular weight excluding hydrogens is 180 g/mol. The molecule has 72 valence electrons. The van der Waals surface area contributed by atoms with Gasteiger partial charge in [0.2, 0.25) is 0 Å². The molecule has 0 aliphatic carbocycles. The lowest BCUT2D eigenvalue weighted by atomic mass is 10.2. The summed E-state index contributed by atoms with van der Waals surface area (Å²) in [4.78, 5) is 3.92. The van der Waals surface area contributed by atoms with E-state index in [0.29, 0.717) is 12.1 Å². The van der Waals surface area contributed by atoms with Crippen LogP contribution in [0.1, 0.15) is 24.3 Å². The molecule has 1 aromatic heterocycles. The van der Waals surface area contributed by atoms with Crippen molar-refractivity contribution in [3.63, 3.8) is 0 Å². The van der Waals surface area contributed by atoms with Crippen molar-refractivity contribution in [2.24, 2.45) is 5.73 Å². The molecule has 0 spiro atoms. The Morgan fingerprint density at radius 2 is 2.54 bits per heavy atom. The molecule has 0 saturated carbocycles. The van der Waals surface area contributed by atoms with Crippen LogP contribution >= 0.6 is 11.3 Å². The summed E-state index contributed by atoms with van der Waals surface area (Å²) in [6.45, 7) is 4.48. The second-order valence-electron chi connectivity index (χ2n) is 3.74. The first-order chi connectivity index (χ1) is 6.27. The van der Waals surface area contributed by atoms with E-state index in [1.165, 1.54) is 4.88 Å². The Hall–Kier alpha value is -0.380. The van der Waals surface area contributed by atoms with Gasteiger partial charge in [-0.05, 0) is 24.8 Å². The summed E-state index contributed by atoms with van der Waals surface area (Å²) < 4.78 is 0. The third kappa shape index (κ3) is 1.93. The Balaban J connectivity index is 2.02. The third-order valence-corrected chi connectivity index (χ3v) is 3.80. The van der Waals surface area contributed by atoms with E-state index in [1.807, 2.05) is 11.3 Å². The molecule has 0 bridgehead atoms. The van der Waals surface area contributed by atoms with Gasteiger partial charge in [0.1, 0.15) is 0 Å². The van der Waals surface area contributed by atoms with Crippen molar-refractivity contribution in [1.82, 2.24) is 4.90 Å².